The molecule has 5 heteroatoms. The third kappa shape index (κ3) is 3.94. The van der Waals surface area contributed by atoms with Gasteiger partial charge in [0.15, 0.2) is 0 Å². The van der Waals surface area contributed by atoms with Crippen LogP contribution in [-0.4, -0.2) is 20.1 Å². The molecule has 0 fully saturated rings. The Morgan fingerprint density at radius 3 is 2.64 bits per heavy atom. The summed E-state index contributed by atoms with van der Waals surface area (Å²) in [7, 11) is 3.21. The van der Waals surface area contributed by atoms with Gasteiger partial charge in [-0.25, -0.2) is 0 Å². The van der Waals surface area contributed by atoms with Crippen LogP contribution in [0.3, 0.4) is 0 Å². The number of carbonyl (C=O) groups excluding carboxylic acids is 1. The average Bonchev–Trinajstić information content (AvgIpc) is 2.61. The highest BCUT2D eigenvalue weighted by Gasteiger charge is 2.13. The van der Waals surface area contributed by atoms with E-state index in [1.165, 1.54) is 0 Å². The first-order chi connectivity index (χ1) is 12.1. The molecule has 0 unspecified atom stereocenters. The number of hydrogen-bond donors (Lipinski definition) is 1. The first kappa shape index (κ1) is 17.3. The van der Waals surface area contributed by atoms with E-state index >= 15 is 0 Å². The highest BCUT2D eigenvalue weighted by Crippen LogP contribution is 2.30. The topological polar surface area (TPSA) is 47.6 Å². The van der Waals surface area contributed by atoms with E-state index in [2.05, 4.69) is 21.2 Å². The molecule has 0 bridgehead atoms. The molecule has 0 heterocycles. The third-order valence-electron chi connectivity index (χ3n) is 3.96. The van der Waals surface area contributed by atoms with Crippen LogP contribution >= 0.6 is 15.9 Å². The van der Waals surface area contributed by atoms with Crippen LogP contribution in [0.5, 0.6) is 11.5 Å². The van der Waals surface area contributed by atoms with Crippen molar-refractivity contribution in [1.82, 2.24) is 0 Å². The van der Waals surface area contributed by atoms with Crippen molar-refractivity contribution in [2.24, 2.45) is 0 Å². The third-order valence-corrected chi connectivity index (χ3v) is 4.45. The van der Waals surface area contributed by atoms with Crippen molar-refractivity contribution in [3.63, 3.8) is 0 Å². The fourth-order valence-electron chi connectivity index (χ4n) is 2.79. The lowest BCUT2D eigenvalue weighted by Gasteiger charge is -2.13. The van der Waals surface area contributed by atoms with Crippen molar-refractivity contribution in [3.05, 3.63) is 64.6 Å². The molecule has 0 spiro atoms. The molecule has 0 aliphatic rings. The van der Waals surface area contributed by atoms with Crippen LogP contribution in [0.25, 0.3) is 10.8 Å². The number of methoxy groups -OCH3 is 2. The maximum atomic E-state index is 12.5. The van der Waals surface area contributed by atoms with E-state index in [-0.39, 0.29) is 12.3 Å². The summed E-state index contributed by atoms with van der Waals surface area (Å²) in [5, 5.41) is 4.97. The highest BCUT2D eigenvalue weighted by molar-refractivity contribution is 9.10. The van der Waals surface area contributed by atoms with E-state index in [1.807, 2.05) is 48.5 Å². The van der Waals surface area contributed by atoms with Gasteiger partial charge < -0.3 is 14.8 Å². The Balaban J connectivity index is 1.89. The van der Waals surface area contributed by atoms with Gasteiger partial charge in [0.1, 0.15) is 11.5 Å². The molecule has 1 N–H and O–H groups in total. The summed E-state index contributed by atoms with van der Waals surface area (Å²) in [4.78, 5) is 12.5. The molecule has 0 aromatic heterocycles. The second-order valence-electron chi connectivity index (χ2n) is 5.57. The SMILES string of the molecule is COc1cccc(NC(=O)Cc2c(OC)ccc3cc(Br)ccc23)c1. The summed E-state index contributed by atoms with van der Waals surface area (Å²) in [6, 6.07) is 17.2. The van der Waals surface area contributed by atoms with Crippen LogP contribution in [0.2, 0.25) is 0 Å². The number of amides is 1. The number of fused-ring (bicyclic) bond motifs is 1. The molecule has 0 atom stereocenters. The molecule has 0 aliphatic heterocycles. The van der Waals surface area contributed by atoms with Gasteiger partial charge in [-0.2, -0.15) is 0 Å². The van der Waals surface area contributed by atoms with Gasteiger partial charge in [0, 0.05) is 21.8 Å². The van der Waals surface area contributed by atoms with Gasteiger partial charge in [-0.1, -0.05) is 34.1 Å². The summed E-state index contributed by atoms with van der Waals surface area (Å²) in [5.74, 6) is 1.29. The monoisotopic (exact) mass is 399 g/mol. The number of hydrogen-bond acceptors (Lipinski definition) is 3. The second kappa shape index (κ2) is 7.57. The molecule has 0 saturated heterocycles. The molecule has 0 radical (unpaired) electrons. The summed E-state index contributed by atoms with van der Waals surface area (Å²) in [6.07, 6.45) is 0.222. The molecule has 128 valence electrons. The number of rotatable bonds is 5. The smallest absolute Gasteiger partial charge is 0.228 e. The number of carbonyl (C=O) groups is 1. The molecule has 0 aliphatic carbocycles. The van der Waals surface area contributed by atoms with Gasteiger partial charge >= 0.3 is 0 Å². The lowest BCUT2D eigenvalue weighted by atomic mass is 10.0. The lowest BCUT2D eigenvalue weighted by Crippen LogP contribution is -2.15. The predicted octanol–water partition coefficient (Wildman–Crippen LogP) is 4.80. The highest BCUT2D eigenvalue weighted by atomic mass is 79.9. The Bertz CT molecular complexity index is 924. The van der Waals surface area contributed by atoms with Crippen molar-refractivity contribution >= 4 is 38.3 Å². The van der Waals surface area contributed by atoms with Crippen molar-refractivity contribution < 1.29 is 14.3 Å². The first-order valence-corrected chi connectivity index (χ1v) is 8.59. The summed E-state index contributed by atoms with van der Waals surface area (Å²) in [5.41, 5.74) is 1.57. The first-order valence-electron chi connectivity index (χ1n) is 7.80. The van der Waals surface area contributed by atoms with Crippen LogP contribution in [0.1, 0.15) is 5.56 Å². The Kier molecular flexibility index (Phi) is 5.24. The molecule has 4 nitrogen and oxygen atoms in total. The Hall–Kier alpha value is -2.53. The van der Waals surface area contributed by atoms with Gasteiger partial charge in [-0.05, 0) is 41.1 Å². The van der Waals surface area contributed by atoms with Crippen molar-refractivity contribution in [3.8, 4) is 11.5 Å². The number of halogens is 1. The molecule has 25 heavy (non-hydrogen) atoms. The van der Waals surface area contributed by atoms with Crippen molar-refractivity contribution in [1.29, 1.82) is 0 Å². The Labute approximate surface area is 154 Å². The number of benzene rings is 3. The van der Waals surface area contributed by atoms with Gasteiger partial charge in [-0.3, -0.25) is 4.79 Å². The van der Waals surface area contributed by atoms with E-state index in [0.717, 1.165) is 20.8 Å². The number of nitrogens with one attached hydrogen (secondary N) is 1. The van der Waals surface area contributed by atoms with E-state index in [4.69, 9.17) is 9.47 Å². The molecule has 3 rings (SSSR count). The van der Waals surface area contributed by atoms with Gasteiger partial charge in [-0.15, -0.1) is 0 Å². The van der Waals surface area contributed by atoms with E-state index in [1.54, 1.807) is 20.3 Å². The lowest BCUT2D eigenvalue weighted by molar-refractivity contribution is -0.115. The maximum absolute atomic E-state index is 12.5. The van der Waals surface area contributed by atoms with Crippen molar-refractivity contribution in [2.45, 2.75) is 6.42 Å². The van der Waals surface area contributed by atoms with Gasteiger partial charge in [0.2, 0.25) is 5.91 Å². The van der Waals surface area contributed by atoms with Gasteiger partial charge in [0.05, 0.1) is 20.6 Å². The minimum atomic E-state index is -0.109. The van der Waals surface area contributed by atoms with Crippen LogP contribution in [0, 0.1) is 0 Å². The number of ether oxygens (including phenoxy) is 2. The zero-order valence-electron chi connectivity index (χ0n) is 14.0. The van der Waals surface area contributed by atoms with E-state index in [0.29, 0.717) is 17.2 Å². The molecular formula is C20H18BrNO3. The molecule has 3 aromatic rings. The standard InChI is InChI=1S/C20H18BrNO3/c1-24-16-5-3-4-15(11-16)22-20(23)12-18-17-8-7-14(21)10-13(17)6-9-19(18)25-2/h3-11H,12H2,1-2H3,(H,22,23). The fourth-order valence-corrected chi connectivity index (χ4v) is 3.16. The average molecular weight is 400 g/mol. The Morgan fingerprint density at radius 1 is 1.04 bits per heavy atom. The quantitative estimate of drug-likeness (QED) is 0.669. The zero-order chi connectivity index (χ0) is 17.8. The van der Waals surface area contributed by atoms with Gasteiger partial charge in [0.25, 0.3) is 0 Å². The summed E-state index contributed by atoms with van der Waals surface area (Å²) in [6.45, 7) is 0. The fraction of sp³-hybridized carbons (Fsp3) is 0.150. The normalized spacial score (nSPS) is 10.5. The zero-order valence-corrected chi connectivity index (χ0v) is 15.6. The van der Waals surface area contributed by atoms with Crippen LogP contribution in [0.4, 0.5) is 5.69 Å². The summed E-state index contributed by atoms with van der Waals surface area (Å²) >= 11 is 3.48. The predicted molar refractivity (Wildman–Crippen MR) is 104 cm³/mol. The molecule has 1 amide bonds. The van der Waals surface area contributed by atoms with Crippen LogP contribution < -0.4 is 14.8 Å². The van der Waals surface area contributed by atoms with Crippen LogP contribution in [-0.2, 0) is 11.2 Å². The number of anilines is 1. The largest absolute Gasteiger partial charge is 0.497 e. The van der Waals surface area contributed by atoms with E-state index in [9.17, 15) is 4.79 Å². The van der Waals surface area contributed by atoms with E-state index < -0.39 is 0 Å². The maximum Gasteiger partial charge on any atom is 0.228 e. The van der Waals surface area contributed by atoms with Crippen molar-refractivity contribution in [2.75, 3.05) is 19.5 Å². The molecule has 0 saturated carbocycles. The van der Waals surface area contributed by atoms with Crippen LogP contribution in [0.15, 0.2) is 59.1 Å². The molecular weight excluding hydrogens is 382 g/mol. The second-order valence-corrected chi connectivity index (χ2v) is 6.48. The molecule has 3 aromatic carbocycles. The minimum absolute atomic E-state index is 0.109. The Morgan fingerprint density at radius 2 is 1.88 bits per heavy atom. The minimum Gasteiger partial charge on any atom is -0.497 e. The summed E-state index contributed by atoms with van der Waals surface area (Å²) < 4.78 is 11.6.